The van der Waals surface area contributed by atoms with Gasteiger partial charge in [0.05, 0.1) is 21.6 Å². The predicted molar refractivity (Wildman–Crippen MR) is 79.0 cm³/mol. The number of halogens is 2. The molecule has 0 heterocycles. The standard InChI is InChI=1S/C12H15Cl2NO5S/c1-21(19,20)8-4-2-7(3-5-8)10(17)9(6-16)15-12(18)11(13)14/h2-5,9-11,16-17H,6H2,1H3,(H,15,18)/t9-,10?/m0/s1/i6D2,9D. The van der Waals surface area contributed by atoms with Gasteiger partial charge in [-0.2, -0.15) is 0 Å². The smallest absolute Gasteiger partial charge is 0.253 e. The quantitative estimate of drug-likeness (QED) is 0.638. The second-order valence-corrected chi connectivity index (χ2v) is 7.17. The van der Waals surface area contributed by atoms with Crippen LogP contribution in [-0.4, -0.2) is 48.2 Å². The van der Waals surface area contributed by atoms with Crippen LogP contribution < -0.4 is 5.32 Å². The zero-order chi connectivity index (χ0) is 18.9. The van der Waals surface area contributed by atoms with Gasteiger partial charge in [-0.3, -0.25) is 4.79 Å². The number of aliphatic hydroxyl groups excluding tert-OH is 1. The molecule has 6 nitrogen and oxygen atoms in total. The monoisotopic (exact) mass is 358 g/mol. The van der Waals surface area contributed by atoms with Gasteiger partial charge in [-0.05, 0) is 17.7 Å². The van der Waals surface area contributed by atoms with Gasteiger partial charge in [-0.15, -0.1) is 0 Å². The average Bonchev–Trinajstić information content (AvgIpc) is 2.44. The van der Waals surface area contributed by atoms with E-state index in [4.69, 9.17) is 27.3 Å². The molecular weight excluding hydrogens is 341 g/mol. The number of aliphatic hydroxyl groups is 2. The summed E-state index contributed by atoms with van der Waals surface area (Å²) >= 11 is 10.6. The topological polar surface area (TPSA) is 104 Å². The lowest BCUT2D eigenvalue weighted by atomic mass is 10.0. The van der Waals surface area contributed by atoms with E-state index in [-0.39, 0.29) is 10.5 Å². The third-order valence-electron chi connectivity index (χ3n) is 2.47. The van der Waals surface area contributed by atoms with Crippen LogP contribution in [0.2, 0.25) is 0 Å². The number of carbonyl (C=O) groups excluding carboxylic acids is 1. The molecule has 1 rings (SSSR count). The van der Waals surface area contributed by atoms with E-state index in [0.29, 0.717) is 0 Å². The normalized spacial score (nSPS) is 19.0. The SMILES string of the molecule is [2H]C([2H])(O)[C@]([2H])(NC(=O)C(Cl)Cl)C(O)c1ccc(S(C)(=O)=O)cc1. The minimum atomic E-state index is -3.50. The molecule has 0 aromatic heterocycles. The van der Waals surface area contributed by atoms with E-state index in [2.05, 4.69) is 0 Å². The van der Waals surface area contributed by atoms with Crippen LogP contribution in [0.25, 0.3) is 0 Å². The summed E-state index contributed by atoms with van der Waals surface area (Å²) in [6.45, 7) is -3.37. The van der Waals surface area contributed by atoms with E-state index in [0.717, 1.165) is 30.5 Å². The highest BCUT2D eigenvalue weighted by Crippen LogP contribution is 2.20. The van der Waals surface area contributed by atoms with E-state index >= 15 is 0 Å². The molecule has 1 amide bonds. The van der Waals surface area contributed by atoms with Gasteiger partial charge in [0.25, 0.3) is 5.91 Å². The molecule has 0 spiro atoms. The van der Waals surface area contributed by atoms with Crippen LogP contribution in [0.5, 0.6) is 0 Å². The zero-order valence-electron chi connectivity index (χ0n) is 13.7. The Morgan fingerprint density at radius 2 is 1.95 bits per heavy atom. The first-order chi connectivity index (χ1) is 10.7. The Hall–Kier alpha value is -0.860. The van der Waals surface area contributed by atoms with E-state index in [1.807, 2.05) is 0 Å². The number of nitrogens with one attached hydrogen (secondary N) is 1. The van der Waals surface area contributed by atoms with Crippen LogP contribution in [0.1, 0.15) is 15.8 Å². The highest BCUT2D eigenvalue weighted by molar-refractivity contribution is 7.90. The molecule has 0 radical (unpaired) electrons. The highest BCUT2D eigenvalue weighted by Gasteiger charge is 2.24. The Kier molecular flexibility index (Phi) is 4.87. The molecule has 1 unspecified atom stereocenters. The van der Waals surface area contributed by atoms with Gasteiger partial charge in [0, 0.05) is 6.26 Å². The maximum absolute atomic E-state index is 11.6. The summed E-state index contributed by atoms with van der Waals surface area (Å²) < 4.78 is 45.4. The Morgan fingerprint density at radius 1 is 1.43 bits per heavy atom. The van der Waals surface area contributed by atoms with Crippen LogP contribution in [0.4, 0.5) is 0 Å². The Labute approximate surface area is 136 Å². The maximum atomic E-state index is 11.6. The highest BCUT2D eigenvalue weighted by atomic mass is 35.5. The number of rotatable bonds is 6. The first-order valence-corrected chi connectivity index (χ1v) is 8.27. The minimum Gasteiger partial charge on any atom is -0.394 e. The number of carbonyl (C=O) groups is 1. The first-order valence-electron chi connectivity index (χ1n) is 7.01. The van der Waals surface area contributed by atoms with Crippen LogP contribution in [-0.2, 0) is 14.6 Å². The van der Waals surface area contributed by atoms with Gasteiger partial charge < -0.3 is 15.5 Å². The fraction of sp³-hybridized carbons (Fsp3) is 0.417. The van der Waals surface area contributed by atoms with Crippen molar-refractivity contribution in [3.63, 3.8) is 0 Å². The maximum Gasteiger partial charge on any atom is 0.253 e. The van der Waals surface area contributed by atoms with E-state index in [9.17, 15) is 23.4 Å². The number of hydrogen-bond donors (Lipinski definition) is 3. The molecule has 0 aliphatic heterocycles. The summed E-state index contributed by atoms with van der Waals surface area (Å²) in [6.07, 6.45) is -1.08. The summed E-state index contributed by atoms with van der Waals surface area (Å²) in [5.41, 5.74) is -0.115. The molecule has 1 aromatic carbocycles. The van der Waals surface area contributed by atoms with Gasteiger partial charge in [-0.25, -0.2) is 8.42 Å². The molecular formula is C12H15Cl2NO5S. The third kappa shape index (κ3) is 5.12. The molecule has 1 aromatic rings. The molecule has 118 valence electrons. The molecule has 0 bridgehead atoms. The summed E-state index contributed by atoms with van der Waals surface area (Å²) in [6, 6.07) is 1.57. The third-order valence-corrected chi connectivity index (χ3v) is 4.00. The Morgan fingerprint density at radius 3 is 2.33 bits per heavy atom. The predicted octanol–water partition coefficient (Wildman–Crippen LogP) is 0.404. The van der Waals surface area contributed by atoms with Crippen LogP contribution in [0.3, 0.4) is 0 Å². The summed E-state index contributed by atoms with van der Waals surface area (Å²) in [7, 11) is -3.50. The van der Waals surface area contributed by atoms with Gasteiger partial charge in [0.1, 0.15) is 6.10 Å². The first kappa shape index (κ1) is 13.8. The average molecular weight is 359 g/mol. The Bertz CT molecular complexity index is 708. The van der Waals surface area contributed by atoms with Gasteiger partial charge in [-0.1, -0.05) is 35.3 Å². The largest absolute Gasteiger partial charge is 0.394 e. The summed E-state index contributed by atoms with van der Waals surface area (Å²) in [5, 5.41) is 21.6. The number of alkyl halides is 2. The number of hydrogen-bond acceptors (Lipinski definition) is 5. The van der Waals surface area contributed by atoms with E-state index in [1.54, 1.807) is 5.32 Å². The van der Waals surface area contributed by atoms with Crippen molar-refractivity contribution in [1.82, 2.24) is 5.32 Å². The van der Waals surface area contributed by atoms with Crippen LogP contribution in [0.15, 0.2) is 29.2 Å². The number of benzene rings is 1. The van der Waals surface area contributed by atoms with Gasteiger partial charge in [0.2, 0.25) is 0 Å². The minimum absolute atomic E-state index is 0.0633. The van der Waals surface area contributed by atoms with Crippen molar-refractivity contribution < 1.29 is 27.5 Å². The second kappa shape index (κ2) is 7.42. The van der Waals surface area contributed by atoms with Crippen molar-refractivity contribution in [1.29, 1.82) is 0 Å². The molecule has 0 fully saturated rings. The van der Waals surface area contributed by atoms with E-state index < -0.39 is 39.3 Å². The van der Waals surface area contributed by atoms with Crippen LogP contribution in [0, 0.1) is 0 Å². The number of amides is 1. The van der Waals surface area contributed by atoms with Crippen molar-refractivity contribution in [3.05, 3.63) is 29.8 Å². The van der Waals surface area contributed by atoms with Crippen molar-refractivity contribution in [2.24, 2.45) is 0 Å². The van der Waals surface area contributed by atoms with Crippen LogP contribution >= 0.6 is 23.2 Å². The Balaban J connectivity index is 3.26. The fourth-order valence-corrected chi connectivity index (χ4v) is 2.15. The molecule has 21 heavy (non-hydrogen) atoms. The molecule has 0 aliphatic carbocycles. The lowest BCUT2D eigenvalue weighted by Gasteiger charge is -2.23. The zero-order valence-corrected chi connectivity index (χ0v) is 13.1. The molecule has 3 N–H and O–H groups in total. The molecule has 0 saturated heterocycles. The lowest BCUT2D eigenvalue weighted by molar-refractivity contribution is -0.121. The van der Waals surface area contributed by atoms with E-state index in [1.165, 1.54) is 0 Å². The van der Waals surface area contributed by atoms with Crippen molar-refractivity contribution in [3.8, 4) is 0 Å². The van der Waals surface area contributed by atoms with Gasteiger partial charge >= 0.3 is 0 Å². The van der Waals surface area contributed by atoms with Crippen molar-refractivity contribution in [2.45, 2.75) is 21.9 Å². The number of sulfone groups is 1. The molecule has 2 atom stereocenters. The second-order valence-electron chi connectivity index (χ2n) is 4.06. The van der Waals surface area contributed by atoms with Gasteiger partial charge in [0.15, 0.2) is 14.7 Å². The summed E-state index contributed by atoms with van der Waals surface area (Å²) in [5.74, 6) is -1.20. The summed E-state index contributed by atoms with van der Waals surface area (Å²) in [4.78, 5) is 9.84. The van der Waals surface area contributed by atoms with Crippen molar-refractivity contribution in [2.75, 3.05) is 12.8 Å². The fourth-order valence-electron chi connectivity index (χ4n) is 1.41. The molecule has 9 heteroatoms. The molecule has 0 saturated carbocycles. The lowest BCUT2D eigenvalue weighted by Crippen LogP contribution is -2.44. The van der Waals surface area contributed by atoms with Crippen molar-refractivity contribution >= 4 is 38.9 Å². The molecule has 0 aliphatic rings.